The quantitative estimate of drug-likeness (QED) is 0.769. The van der Waals surface area contributed by atoms with Crippen LogP contribution in [-0.2, 0) is 0 Å². The summed E-state index contributed by atoms with van der Waals surface area (Å²) in [7, 11) is 0. The van der Waals surface area contributed by atoms with Crippen molar-refractivity contribution in [3.8, 4) is 5.75 Å². The molecule has 0 radical (unpaired) electrons. The van der Waals surface area contributed by atoms with Crippen LogP contribution >= 0.6 is 40.7 Å². The van der Waals surface area contributed by atoms with Gasteiger partial charge in [0.1, 0.15) is 5.75 Å². The van der Waals surface area contributed by atoms with Crippen LogP contribution in [-0.4, -0.2) is 36.2 Å². The molecule has 1 aliphatic heterocycles. The fraction of sp³-hybridized carbons (Fsp3) is 0.625. The standard InChI is InChI=1S/C16H25BrN2O.2ClH/c1-4-5-13(19-8-6-18-7-9-19)15-12(3)16(17)11(2)10-14(15)20;;/h10,13,18,20H,4-9H2,1-3H3;2*1H/t13-;;/m0../s1. The largest absolute Gasteiger partial charge is 0.508 e. The molecule has 0 unspecified atom stereocenters. The van der Waals surface area contributed by atoms with E-state index >= 15 is 0 Å². The van der Waals surface area contributed by atoms with E-state index in [9.17, 15) is 5.11 Å². The smallest absolute Gasteiger partial charge is 0.120 e. The van der Waals surface area contributed by atoms with Crippen molar-refractivity contribution in [3.05, 3.63) is 27.2 Å². The fourth-order valence-corrected chi connectivity index (χ4v) is 3.48. The van der Waals surface area contributed by atoms with Crippen molar-refractivity contribution in [3.63, 3.8) is 0 Å². The predicted octanol–water partition coefficient (Wildman–Crippen LogP) is 4.36. The van der Waals surface area contributed by atoms with Crippen molar-refractivity contribution < 1.29 is 5.11 Å². The summed E-state index contributed by atoms with van der Waals surface area (Å²) in [6, 6.07) is 2.20. The molecular formula is C16H27BrCl2N2O. The third kappa shape index (κ3) is 4.75. The van der Waals surface area contributed by atoms with E-state index in [1.807, 2.05) is 13.0 Å². The van der Waals surface area contributed by atoms with Gasteiger partial charge in [0.05, 0.1) is 0 Å². The van der Waals surface area contributed by atoms with E-state index in [-0.39, 0.29) is 24.8 Å². The van der Waals surface area contributed by atoms with E-state index in [4.69, 9.17) is 0 Å². The molecule has 128 valence electrons. The second kappa shape index (κ2) is 9.99. The molecule has 2 rings (SSSR count). The number of aryl methyl sites for hydroxylation is 1. The first-order chi connectivity index (χ1) is 9.56. The maximum atomic E-state index is 10.5. The normalized spacial score (nSPS) is 16.5. The molecule has 0 saturated carbocycles. The van der Waals surface area contributed by atoms with Crippen molar-refractivity contribution in [1.29, 1.82) is 0 Å². The van der Waals surface area contributed by atoms with Gasteiger partial charge in [-0.3, -0.25) is 4.90 Å². The van der Waals surface area contributed by atoms with Crippen molar-refractivity contribution in [2.75, 3.05) is 26.2 Å². The summed E-state index contributed by atoms with van der Waals surface area (Å²) in [5, 5.41) is 13.9. The van der Waals surface area contributed by atoms with Crippen LogP contribution in [0.4, 0.5) is 0 Å². The summed E-state index contributed by atoms with van der Waals surface area (Å²) in [5.41, 5.74) is 3.38. The number of rotatable bonds is 4. The molecule has 1 aromatic carbocycles. The third-order valence-corrected chi connectivity index (χ3v) is 5.42. The van der Waals surface area contributed by atoms with Gasteiger partial charge in [-0.2, -0.15) is 0 Å². The highest BCUT2D eigenvalue weighted by Crippen LogP contribution is 2.39. The van der Waals surface area contributed by atoms with E-state index in [1.165, 1.54) is 5.56 Å². The Morgan fingerprint density at radius 3 is 2.41 bits per heavy atom. The van der Waals surface area contributed by atoms with Crippen LogP contribution in [0.3, 0.4) is 0 Å². The Labute approximate surface area is 154 Å². The summed E-state index contributed by atoms with van der Waals surface area (Å²) in [6.45, 7) is 10.5. The van der Waals surface area contributed by atoms with Gasteiger partial charge in [-0.1, -0.05) is 29.3 Å². The van der Waals surface area contributed by atoms with Gasteiger partial charge in [-0.05, 0) is 37.5 Å². The van der Waals surface area contributed by atoms with Gasteiger partial charge >= 0.3 is 0 Å². The molecular weight excluding hydrogens is 387 g/mol. The third-order valence-electron chi connectivity index (χ3n) is 4.20. The SMILES string of the molecule is CCC[C@@H](c1c(O)cc(C)c(Br)c1C)N1CCNCC1.Cl.Cl. The molecule has 1 saturated heterocycles. The number of nitrogens with one attached hydrogen (secondary N) is 1. The fourth-order valence-electron chi connectivity index (χ4n) is 3.15. The molecule has 1 aliphatic rings. The number of piperazine rings is 1. The lowest BCUT2D eigenvalue weighted by Gasteiger charge is -2.36. The summed E-state index contributed by atoms with van der Waals surface area (Å²) in [5.74, 6) is 0.445. The lowest BCUT2D eigenvalue weighted by Crippen LogP contribution is -2.45. The Morgan fingerprint density at radius 1 is 1.27 bits per heavy atom. The molecule has 22 heavy (non-hydrogen) atoms. The van der Waals surface area contributed by atoms with Crippen molar-refractivity contribution >= 4 is 40.7 Å². The molecule has 6 heteroatoms. The highest BCUT2D eigenvalue weighted by atomic mass is 79.9. The Hall–Kier alpha value is -0.000000000000000222. The monoisotopic (exact) mass is 412 g/mol. The number of phenolic OH excluding ortho intramolecular Hbond substituents is 1. The lowest BCUT2D eigenvalue weighted by atomic mass is 9.93. The molecule has 3 nitrogen and oxygen atoms in total. The van der Waals surface area contributed by atoms with Crippen LogP contribution in [0.25, 0.3) is 0 Å². The van der Waals surface area contributed by atoms with Crippen LogP contribution in [0, 0.1) is 13.8 Å². The highest BCUT2D eigenvalue weighted by Gasteiger charge is 2.26. The number of halogens is 3. The predicted molar refractivity (Wildman–Crippen MR) is 102 cm³/mol. The Kier molecular flexibility index (Phi) is 9.99. The van der Waals surface area contributed by atoms with Crippen molar-refractivity contribution in [2.24, 2.45) is 0 Å². The molecule has 0 aliphatic carbocycles. The van der Waals surface area contributed by atoms with E-state index in [2.05, 4.69) is 40.0 Å². The van der Waals surface area contributed by atoms with E-state index in [0.717, 1.165) is 54.6 Å². The van der Waals surface area contributed by atoms with Crippen LogP contribution < -0.4 is 5.32 Å². The molecule has 0 bridgehead atoms. The minimum Gasteiger partial charge on any atom is -0.508 e. The first kappa shape index (κ1) is 22.0. The molecule has 0 spiro atoms. The Morgan fingerprint density at radius 2 is 1.86 bits per heavy atom. The summed E-state index contributed by atoms with van der Waals surface area (Å²) >= 11 is 3.67. The molecule has 0 amide bonds. The minimum absolute atomic E-state index is 0. The van der Waals surface area contributed by atoms with Crippen molar-refractivity contribution in [2.45, 2.75) is 39.7 Å². The first-order valence-electron chi connectivity index (χ1n) is 7.49. The Bertz CT molecular complexity index is 480. The van der Waals surface area contributed by atoms with E-state index < -0.39 is 0 Å². The highest BCUT2D eigenvalue weighted by molar-refractivity contribution is 9.10. The molecule has 1 heterocycles. The first-order valence-corrected chi connectivity index (χ1v) is 8.28. The number of phenols is 1. The zero-order valence-corrected chi connectivity index (χ0v) is 16.7. The van der Waals surface area contributed by atoms with E-state index in [1.54, 1.807) is 0 Å². The molecule has 1 fully saturated rings. The van der Waals surface area contributed by atoms with Crippen LogP contribution in [0.2, 0.25) is 0 Å². The summed E-state index contributed by atoms with van der Waals surface area (Å²) < 4.78 is 1.13. The maximum absolute atomic E-state index is 10.5. The molecule has 1 atom stereocenters. The van der Waals surface area contributed by atoms with Gasteiger partial charge in [0, 0.05) is 42.3 Å². The maximum Gasteiger partial charge on any atom is 0.120 e. The molecule has 1 aromatic rings. The number of hydrogen-bond donors (Lipinski definition) is 2. The van der Waals surface area contributed by atoms with Gasteiger partial charge < -0.3 is 10.4 Å². The number of benzene rings is 1. The van der Waals surface area contributed by atoms with Crippen LogP contribution in [0.5, 0.6) is 5.75 Å². The second-order valence-corrected chi connectivity index (χ2v) is 6.45. The Balaban J connectivity index is 0.00000220. The number of nitrogens with zero attached hydrogens (tertiary/aromatic N) is 1. The zero-order chi connectivity index (χ0) is 14.7. The zero-order valence-electron chi connectivity index (χ0n) is 13.5. The summed E-state index contributed by atoms with van der Waals surface area (Å²) in [4.78, 5) is 2.50. The topological polar surface area (TPSA) is 35.5 Å². The molecule has 2 N–H and O–H groups in total. The van der Waals surface area contributed by atoms with Gasteiger partial charge in [0.15, 0.2) is 0 Å². The van der Waals surface area contributed by atoms with Crippen LogP contribution in [0.15, 0.2) is 10.5 Å². The second-order valence-electron chi connectivity index (χ2n) is 5.66. The van der Waals surface area contributed by atoms with Crippen molar-refractivity contribution in [1.82, 2.24) is 10.2 Å². The molecule has 0 aromatic heterocycles. The average Bonchev–Trinajstić information content (AvgIpc) is 2.45. The minimum atomic E-state index is 0. The lowest BCUT2D eigenvalue weighted by molar-refractivity contribution is 0.161. The number of hydrogen-bond acceptors (Lipinski definition) is 3. The number of aromatic hydroxyl groups is 1. The van der Waals surface area contributed by atoms with Crippen LogP contribution in [0.1, 0.15) is 42.5 Å². The van der Waals surface area contributed by atoms with Gasteiger partial charge in [-0.25, -0.2) is 0 Å². The van der Waals surface area contributed by atoms with Gasteiger partial charge in [0.2, 0.25) is 0 Å². The average molecular weight is 414 g/mol. The van der Waals surface area contributed by atoms with Gasteiger partial charge in [-0.15, -0.1) is 24.8 Å². The van der Waals surface area contributed by atoms with E-state index in [0.29, 0.717) is 11.8 Å². The summed E-state index contributed by atoms with van der Waals surface area (Å²) in [6.07, 6.45) is 2.21. The van der Waals surface area contributed by atoms with Gasteiger partial charge in [0.25, 0.3) is 0 Å².